The van der Waals surface area contributed by atoms with Gasteiger partial charge in [0.25, 0.3) is 0 Å². The maximum Gasteiger partial charge on any atom is 0.227 e. The molecule has 0 spiro atoms. The van der Waals surface area contributed by atoms with Crippen LogP contribution < -0.4 is 10.2 Å². The topological polar surface area (TPSA) is 49.4 Å². The molecule has 1 heterocycles. The highest BCUT2D eigenvalue weighted by atomic mass is 16.2. The van der Waals surface area contributed by atoms with Gasteiger partial charge in [0.1, 0.15) is 0 Å². The van der Waals surface area contributed by atoms with Crippen LogP contribution in [-0.2, 0) is 15.0 Å². The Balaban J connectivity index is 1.98. The minimum atomic E-state index is -0.126. The summed E-state index contributed by atoms with van der Waals surface area (Å²) in [6.07, 6.45) is 1.66. The second kappa shape index (κ2) is 7.16. The Bertz CT molecular complexity index is 578. The lowest BCUT2D eigenvalue weighted by Crippen LogP contribution is -2.42. The van der Waals surface area contributed by atoms with Crippen molar-refractivity contribution in [2.24, 2.45) is 5.92 Å². The van der Waals surface area contributed by atoms with Crippen LogP contribution in [0.3, 0.4) is 0 Å². The summed E-state index contributed by atoms with van der Waals surface area (Å²) in [7, 11) is 0. The van der Waals surface area contributed by atoms with Gasteiger partial charge in [-0.3, -0.25) is 9.59 Å². The number of amides is 2. The fourth-order valence-corrected chi connectivity index (χ4v) is 3.03. The van der Waals surface area contributed by atoms with Crippen LogP contribution in [0.5, 0.6) is 0 Å². The van der Waals surface area contributed by atoms with Crippen LogP contribution in [0.25, 0.3) is 0 Å². The molecule has 4 heteroatoms. The summed E-state index contributed by atoms with van der Waals surface area (Å²) < 4.78 is 0. The molecule has 0 radical (unpaired) electrons. The Kier molecular flexibility index (Phi) is 5.45. The number of fused-ring (bicyclic) bond motifs is 1. The molecule has 0 saturated carbocycles. The summed E-state index contributed by atoms with van der Waals surface area (Å²) in [4.78, 5) is 26.1. The standard InChI is InChI=1S/C19H28N2O2/c1-14(2)13-20-17(22)10-7-11-21-16-9-6-5-8-15(16)19(3,4)12-18(21)23/h5-6,8-9,14H,7,10-13H2,1-4H3,(H,20,22). The Hall–Kier alpha value is -1.84. The summed E-state index contributed by atoms with van der Waals surface area (Å²) in [6, 6.07) is 8.10. The zero-order valence-corrected chi connectivity index (χ0v) is 14.7. The van der Waals surface area contributed by atoms with Crippen LogP contribution in [-0.4, -0.2) is 24.9 Å². The Morgan fingerprint density at radius 3 is 2.70 bits per heavy atom. The number of hydrogen-bond acceptors (Lipinski definition) is 2. The lowest BCUT2D eigenvalue weighted by molar-refractivity contribution is -0.122. The fraction of sp³-hybridized carbons (Fsp3) is 0.579. The van der Waals surface area contributed by atoms with E-state index in [2.05, 4.69) is 39.1 Å². The molecule has 0 aromatic heterocycles. The van der Waals surface area contributed by atoms with Crippen LogP contribution >= 0.6 is 0 Å². The predicted molar refractivity (Wildman–Crippen MR) is 93.5 cm³/mol. The van der Waals surface area contributed by atoms with Crippen molar-refractivity contribution in [3.63, 3.8) is 0 Å². The maximum absolute atomic E-state index is 12.5. The molecule has 0 aliphatic carbocycles. The first-order chi connectivity index (χ1) is 10.8. The molecular formula is C19H28N2O2. The first-order valence-electron chi connectivity index (χ1n) is 8.48. The normalized spacial score (nSPS) is 16.4. The third-order valence-electron chi connectivity index (χ3n) is 4.31. The van der Waals surface area contributed by atoms with E-state index in [4.69, 9.17) is 0 Å². The number of rotatable bonds is 6. The molecule has 1 aromatic rings. The fourth-order valence-electron chi connectivity index (χ4n) is 3.03. The molecule has 1 aliphatic heterocycles. The molecule has 0 unspecified atom stereocenters. The number of anilines is 1. The highest BCUT2D eigenvalue weighted by molar-refractivity contribution is 5.97. The summed E-state index contributed by atoms with van der Waals surface area (Å²) in [5.74, 6) is 0.671. The van der Waals surface area contributed by atoms with Crippen LogP contribution in [0.4, 0.5) is 5.69 Å². The van der Waals surface area contributed by atoms with Gasteiger partial charge >= 0.3 is 0 Å². The average Bonchev–Trinajstić information content (AvgIpc) is 2.48. The third kappa shape index (κ3) is 4.34. The highest BCUT2D eigenvalue weighted by Crippen LogP contribution is 2.39. The molecule has 0 saturated heterocycles. The number of carbonyl (C=O) groups excluding carboxylic acids is 2. The number of nitrogens with zero attached hydrogens (tertiary/aromatic N) is 1. The first kappa shape index (κ1) is 17.5. The van der Waals surface area contributed by atoms with E-state index < -0.39 is 0 Å². The van der Waals surface area contributed by atoms with E-state index in [9.17, 15) is 9.59 Å². The Labute approximate surface area is 139 Å². The van der Waals surface area contributed by atoms with Crippen LogP contribution in [0.15, 0.2) is 24.3 Å². The van der Waals surface area contributed by atoms with E-state index >= 15 is 0 Å². The number of hydrogen-bond donors (Lipinski definition) is 1. The second-order valence-electron chi connectivity index (χ2n) is 7.42. The molecule has 0 bridgehead atoms. The summed E-state index contributed by atoms with van der Waals surface area (Å²) >= 11 is 0. The van der Waals surface area contributed by atoms with E-state index in [1.807, 2.05) is 23.1 Å². The first-order valence-corrected chi connectivity index (χ1v) is 8.48. The van der Waals surface area contributed by atoms with Crippen molar-refractivity contribution in [2.75, 3.05) is 18.0 Å². The average molecular weight is 316 g/mol. The molecule has 126 valence electrons. The minimum Gasteiger partial charge on any atom is -0.356 e. The van der Waals surface area contributed by atoms with Crippen molar-refractivity contribution in [1.82, 2.24) is 5.32 Å². The van der Waals surface area contributed by atoms with Gasteiger partial charge in [0.05, 0.1) is 0 Å². The van der Waals surface area contributed by atoms with Gasteiger partial charge < -0.3 is 10.2 Å². The van der Waals surface area contributed by atoms with Gasteiger partial charge in [-0.15, -0.1) is 0 Å². The summed E-state index contributed by atoms with van der Waals surface area (Å²) in [5.41, 5.74) is 2.08. The van der Waals surface area contributed by atoms with E-state index in [1.165, 1.54) is 5.56 Å². The van der Waals surface area contributed by atoms with Crippen molar-refractivity contribution in [3.8, 4) is 0 Å². The van der Waals surface area contributed by atoms with Gasteiger partial charge in [-0.2, -0.15) is 0 Å². The van der Waals surface area contributed by atoms with Gasteiger partial charge in [-0.1, -0.05) is 45.9 Å². The van der Waals surface area contributed by atoms with Gasteiger partial charge in [-0.05, 0) is 24.0 Å². The number of nitrogens with one attached hydrogen (secondary N) is 1. The van der Waals surface area contributed by atoms with Crippen LogP contribution in [0.2, 0.25) is 0 Å². The Morgan fingerprint density at radius 1 is 1.30 bits per heavy atom. The number of para-hydroxylation sites is 1. The maximum atomic E-state index is 12.5. The van der Waals surface area contributed by atoms with Crippen LogP contribution in [0.1, 0.15) is 52.5 Å². The third-order valence-corrected chi connectivity index (χ3v) is 4.31. The predicted octanol–water partition coefficient (Wildman–Crippen LogP) is 3.25. The Morgan fingerprint density at radius 2 is 2.00 bits per heavy atom. The van der Waals surface area contributed by atoms with Gasteiger partial charge in [-0.25, -0.2) is 0 Å². The smallest absolute Gasteiger partial charge is 0.227 e. The van der Waals surface area contributed by atoms with Gasteiger partial charge in [0, 0.05) is 37.0 Å². The zero-order valence-electron chi connectivity index (χ0n) is 14.7. The van der Waals surface area contributed by atoms with Crippen LogP contribution in [0, 0.1) is 5.92 Å². The van der Waals surface area contributed by atoms with Crippen molar-refractivity contribution >= 4 is 17.5 Å². The number of benzene rings is 1. The van der Waals surface area contributed by atoms with E-state index in [0.717, 1.165) is 5.69 Å². The lowest BCUT2D eigenvalue weighted by atomic mass is 9.77. The highest BCUT2D eigenvalue weighted by Gasteiger charge is 2.35. The van der Waals surface area contributed by atoms with E-state index in [1.54, 1.807) is 0 Å². The quantitative estimate of drug-likeness (QED) is 0.876. The van der Waals surface area contributed by atoms with Crippen molar-refractivity contribution in [2.45, 2.75) is 52.4 Å². The molecule has 2 amide bonds. The molecule has 1 N–H and O–H groups in total. The second-order valence-corrected chi connectivity index (χ2v) is 7.42. The number of carbonyl (C=O) groups is 2. The van der Waals surface area contributed by atoms with E-state index in [0.29, 0.717) is 38.3 Å². The van der Waals surface area contributed by atoms with Gasteiger partial charge in [0.2, 0.25) is 11.8 Å². The molecule has 0 fully saturated rings. The molecule has 0 atom stereocenters. The molecule has 1 aromatic carbocycles. The molecule has 4 nitrogen and oxygen atoms in total. The molecule has 2 rings (SSSR count). The largest absolute Gasteiger partial charge is 0.356 e. The summed E-state index contributed by atoms with van der Waals surface area (Å²) in [5, 5.41) is 2.92. The monoisotopic (exact) mass is 316 g/mol. The van der Waals surface area contributed by atoms with Gasteiger partial charge in [0.15, 0.2) is 0 Å². The summed E-state index contributed by atoms with van der Waals surface area (Å²) in [6.45, 7) is 9.68. The molecule has 1 aliphatic rings. The minimum absolute atomic E-state index is 0.0665. The van der Waals surface area contributed by atoms with Crippen molar-refractivity contribution in [1.29, 1.82) is 0 Å². The SMILES string of the molecule is CC(C)CNC(=O)CCCN1C(=O)CC(C)(C)c2ccccc21. The molecular weight excluding hydrogens is 288 g/mol. The molecule has 23 heavy (non-hydrogen) atoms. The zero-order chi connectivity index (χ0) is 17.0. The van der Waals surface area contributed by atoms with Crippen molar-refractivity contribution in [3.05, 3.63) is 29.8 Å². The van der Waals surface area contributed by atoms with Crippen molar-refractivity contribution < 1.29 is 9.59 Å². The van der Waals surface area contributed by atoms with E-state index in [-0.39, 0.29) is 17.2 Å². The lowest BCUT2D eigenvalue weighted by Gasteiger charge is -2.38.